The van der Waals surface area contributed by atoms with Crippen LogP contribution in [0.15, 0.2) is 30.3 Å². The van der Waals surface area contributed by atoms with Crippen molar-refractivity contribution in [2.24, 2.45) is 0 Å². The van der Waals surface area contributed by atoms with Crippen LogP contribution >= 0.6 is 0 Å². The third-order valence-electron chi connectivity index (χ3n) is 4.25. The maximum Gasteiger partial charge on any atom is 0.222 e. The van der Waals surface area contributed by atoms with Crippen molar-refractivity contribution in [3.8, 4) is 5.75 Å². The fourth-order valence-electron chi connectivity index (χ4n) is 2.79. The zero-order valence-electron chi connectivity index (χ0n) is 13.6. The molecule has 0 N–H and O–H groups in total. The summed E-state index contributed by atoms with van der Waals surface area (Å²) in [7, 11) is -2.98. The molecular weight excluding hydrogens is 314 g/mol. The van der Waals surface area contributed by atoms with E-state index >= 15 is 0 Å². The van der Waals surface area contributed by atoms with Gasteiger partial charge in [0.25, 0.3) is 0 Å². The van der Waals surface area contributed by atoms with Crippen molar-refractivity contribution in [1.29, 1.82) is 0 Å². The largest absolute Gasteiger partial charge is 0.494 e. The molecule has 0 spiro atoms. The first-order valence-corrected chi connectivity index (χ1v) is 9.91. The third kappa shape index (κ3) is 5.23. The molecular formula is C17H25NO4S. The molecule has 1 aromatic carbocycles. The van der Waals surface area contributed by atoms with E-state index in [1.807, 2.05) is 30.3 Å². The molecule has 23 heavy (non-hydrogen) atoms. The summed E-state index contributed by atoms with van der Waals surface area (Å²) in [6.07, 6.45) is 2.23. The minimum Gasteiger partial charge on any atom is -0.494 e. The summed E-state index contributed by atoms with van der Waals surface area (Å²) in [6.45, 7) is 3.28. The van der Waals surface area contributed by atoms with Crippen LogP contribution in [0.4, 0.5) is 0 Å². The normalized spacial score (nSPS) is 16.3. The van der Waals surface area contributed by atoms with Crippen molar-refractivity contribution in [1.82, 2.24) is 4.90 Å². The molecule has 0 atom stereocenters. The molecule has 0 radical (unpaired) electrons. The van der Waals surface area contributed by atoms with Crippen LogP contribution in [-0.4, -0.2) is 49.9 Å². The highest BCUT2D eigenvalue weighted by Crippen LogP contribution is 2.19. The van der Waals surface area contributed by atoms with Crippen LogP contribution in [0.2, 0.25) is 0 Å². The van der Waals surface area contributed by atoms with Gasteiger partial charge in [0, 0.05) is 25.3 Å². The lowest BCUT2D eigenvalue weighted by molar-refractivity contribution is -0.132. The summed E-state index contributed by atoms with van der Waals surface area (Å²) in [6, 6.07) is 9.53. The number of carbonyl (C=O) groups is 1. The Morgan fingerprint density at radius 2 is 1.87 bits per heavy atom. The van der Waals surface area contributed by atoms with E-state index in [1.165, 1.54) is 0 Å². The fraction of sp³-hybridized carbons (Fsp3) is 0.588. The maximum absolute atomic E-state index is 12.2. The van der Waals surface area contributed by atoms with Crippen molar-refractivity contribution < 1.29 is 17.9 Å². The molecule has 1 aliphatic heterocycles. The summed E-state index contributed by atoms with van der Waals surface area (Å²) in [5, 5.41) is -0.280. The quantitative estimate of drug-likeness (QED) is 0.715. The Kier molecular flexibility index (Phi) is 6.45. The number of hydrogen-bond donors (Lipinski definition) is 0. The Labute approximate surface area is 138 Å². The van der Waals surface area contributed by atoms with Crippen molar-refractivity contribution in [3.05, 3.63) is 30.3 Å². The SMILES string of the molecule is CCS(=O)(=O)C1CCN(C(=O)CCCOc2ccccc2)CC1. The lowest BCUT2D eigenvalue weighted by atomic mass is 10.1. The van der Waals surface area contributed by atoms with E-state index in [1.54, 1.807) is 11.8 Å². The molecule has 1 fully saturated rings. The summed E-state index contributed by atoms with van der Waals surface area (Å²) in [5.41, 5.74) is 0. The minimum absolute atomic E-state index is 0.0917. The van der Waals surface area contributed by atoms with Crippen molar-refractivity contribution in [2.75, 3.05) is 25.4 Å². The van der Waals surface area contributed by atoms with Gasteiger partial charge in [-0.15, -0.1) is 0 Å². The number of para-hydroxylation sites is 1. The number of nitrogens with zero attached hydrogens (tertiary/aromatic N) is 1. The topological polar surface area (TPSA) is 63.7 Å². The van der Waals surface area contributed by atoms with Gasteiger partial charge in [-0.2, -0.15) is 0 Å². The fourth-order valence-corrected chi connectivity index (χ4v) is 4.19. The van der Waals surface area contributed by atoms with Gasteiger partial charge in [0.15, 0.2) is 9.84 Å². The Balaban J connectivity index is 1.67. The first kappa shape index (κ1) is 17.8. The molecule has 0 saturated carbocycles. The Hall–Kier alpha value is -1.56. The average Bonchev–Trinajstić information content (AvgIpc) is 2.59. The number of likely N-dealkylation sites (tertiary alicyclic amines) is 1. The summed E-state index contributed by atoms with van der Waals surface area (Å²) in [5.74, 6) is 1.09. The predicted octanol–water partition coefficient (Wildman–Crippen LogP) is 2.27. The Morgan fingerprint density at radius 3 is 2.48 bits per heavy atom. The molecule has 1 aromatic rings. The monoisotopic (exact) mass is 339 g/mol. The van der Waals surface area contributed by atoms with E-state index in [4.69, 9.17) is 4.74 Å². The van der Waals surface area contributed by atoms with Gasteiger partial charge in [-0.3, -0.25) is 4.79 Å². The van der Waals surface area contributed by atoms with Crippen molar-refractivity contribution in [3.63, 3.8) is 0 Å². The minimum atomic E-state index is -2.98. The van der Waals surface area contributed by atoms with E-state index in [2.05, 4.69) is 0 Å². The van der Waals surface area contributed by atoms with E-state index < -0.39 is 9.84 Å². The highest BCUT2D eigenvalue weighted by Gasteiger charge is 2.29. The lowest BCUT2D eigenvalue weighted by Crippen LogP contribution is -2.42. The maximum atomic E-state index is 12.2. The number of hydrogen-bond acceptors (Lipinski definition) is 4. The molecule has 0 aromatic heterocycles. The standard InChI is InChI=1S/C17H25NO4S/c1-2-23(20,21)16-10-12-18(13-11-16)17(19)9-6-14-22-15-7-4-3-5-8-15/h3-5,7-8,16H,2,6,9-14H2,1H3. The van der Waals surface area contributed by atoms with Gasteiger partial charge in [-0.25, -0.2) is 8.42 Å². The van der Waals surface area contributed by atoms with Gasteiger partial charge < -0.3 is 9.64 Å². The van der Waals surface area contributed by atoms with Gasteiger partial charge in [-0.05, 0) is 31.4 Å². The molecule has 1 aliphatic rings. The number of rotatable bonds is 7. The molecule has 5 nitrogen and oxygen atoms in total. The molecule has 1 amide bonds. The number of amides is 1. The Bertz CT molecular complexity index is 592. The van der Waals surface area contributed by atoms with Crippen LogP contribution in [0.5, 0.6) is 5.75 Å². The van der Waals surface area contributed by atoms with E-state index in [9.17, 15) is 13.2 Å². The molecule has 2 rings (SSSR count). The first-order chi connectivity index (χ1) is 11.0. The van der Waals surface area contributed by atoms with Gasteiger partial charge >= 0.3 is 0 Å². The second kappa shape index (κ2) is 8.34. The van der Waals surface area contributed by atoms with Crippen LogP contribution in [0.3, 0.4) is 0 Å². The van der Waals surface area contributed by atoms with E-state index in [0.29, 0.717) is 45.4 Å². The Morgan fingerprint density at radius 1 is 1.22 bits per heavy atom. The third-order valence-corrected chi connectivity index (χ3v) is 6.54. The van der Waals surface area contributed by atoms with Crippen molar-refractivity contribution >= 4 is 15.7 Å². The number of carbonyl (C=O) groups excluding carboxylic acids is 1. The zero-order valence-corrected chi connectivity index (χ0v) is 14.4. The van der Waals surface area contributed by atoms with Crippen molar-refractivity contribution in [2.45, 2.75) is 37.9 Å². The van der Waals surface area contributed by atoms with Gasteiger partial charge in [-0.1, -0.05) is 25.1 Å². The van der Waals surface area contributed by atoms with Crippen LogP contribution in [0.1, 0.15) is 32.6 Å². The van der Waals surface area contributed by atoms with Gasteiger partial charge in [0.05, 0.1) is 11.9 Å². The molecule has 128 valence electrons. The van der Waals surface area contributed by atoms with Crippen LogP contribution in [-0.2, 0) is 14.6 Å². The smallest absolute Gasteiger partial charge is 0.222 e. The van der Waals surface area contributed by atoms with Crippen LogP contribution < -0.4 is 4.74 Å². The number of sulfone groups is 1. The van der Waals surface area contributed by atoms with Crippen LogP contribution in [0.25, 0.3) is 0 Å². The predicted molar refractivity (Wildman–Crippen MR) is 90.2 cm³/mol. The molecule has 6 heteroatoms. The molecule has 1 heterocycles. The zero-order chi connectivity index (χ0) is 16.7. The highest BCUT2D eigenvalue weighted by atomic mass is 32.2. The summed E-state index contributed by atoms with van der Waals surface area (Å²) < 4.78 is 29.3. The van der Waals surface area contributed by atoms with E-state index in [-0.39, 0.29) is 16.9 Å². The molecule has 1 saturated heterocycles. The summed E-state index contributed by atoms with van der Waals surface area (Å²) >= 11 is 0. The van der Waals surface area contributed by atoms with Crippen LogP contribution in [0, 0.1) is 0 Å². The first-order valence-electron chi connectivity index (χ1n) is 8.20. The second-order valence-corrected chi connectivity index (χ2v) is 8.37. The van der Waals surface area contributed by atoms with Gasteiger partial charge in [0.2, 0.25) is 5.91 Å². The average molecular weight is 339 g/mol. The summed E-state index contributed by atoms with van der Waals surface area (Å²) in [4.78, 5) is 13.9. The number of piperidine rings is 1. The molecule has 0 unspecified atom stereocenters. The van der Waals surface area contributed by atoms with Gasteiger partial charge in [0.1, 0.15) is 5.75 Å². The number of ether oxygens (including phenoxy) is 1. The molecule has 0 bridgehead atoms. The molecule has 0 aliphatic carbocycles. The number of benzene rings is 1. The van der Waals surface area contributed by atoms with E-state index in [0.717, 1.165) is 5.75 Å². The second-order valence-electron chi connectivity index (χ2n) is 5.80. The highest BCUT2D eigenvalue weighted by molar-refractivity contribution is 7.92. The lowest BCUT2D eigenvalue weighted by Gasteiger charge is -2.31.